The number of aliphatic hydroxyl groups excluding tert-OH is 1. The molecule has 0 aliphatic heterocycles. The second-order valence-electron chi connectivity index (χ2n) is 3.87. The molecule has 1 aromatic carbocycles. The van der Waals surface area contributed by atoms with Gasteiger partial charge in [-0.3, -0.25) is 0 Å². The zero-order valence-corrected chi connectivity index (χ0v) is 10.7. The quantitative estimate of drug-likeness (QED) is 0.863. The number of methoxy groups -OCH3 is 1. The zero-order chi connectivity index (χ0) is 13.0. The normalized spacial score (nSPS) is 12.6. The molecule has 2 aromatic rings. The van der Waals surface area contributed by atoms with Gasteiger partial charge in [-0.2, -0.15) is 0 Å². The molecule has 0 radical (unpaired) electrons. The van der Waals surface area contributed by atoms with Crippen LogP contribution in [0.3, 0.4) is 0 Å². The van der Waals surface area contributed by atoms with Crippen molar-refractivity contribution in [2.75, 3.05) is 25.6 Å². The number of fused-ring (bicyclic) bond motifs is 1. The van der Waals surface area contributed by atoms with Crippen LogP contribution in [-0.2, 0) is 4.74 Å². The lowest BCUT2D eigenvalue weighted by atomic mass is 10.2. The predicted molar refractivity (Wildman–Crippen MR) is 70.9 cm³/mol. The van der Waals surface area contributed by atoms with Gasteiger partial charge in [0.05, 0.1) is 18.2 Å². The van der Waals surface area contributed by atoms with Crippen LogP contribution in [0, 0.1) is 0 Å². The molecular weight excluding hydrogens is 254 g/mol. The molecule has 1 heterocycles. The SMILES string of the molecule is COCC(O)CNc1ncnc2cc(Cl)ccc12. The van der Waals surface area contributed by atoms with E-state index in [1.54, 1.807) is 19.2 Å². The predicted octanol–water partition coefficient (Wildman–Crippen LogP) is 1.70. The number of nitrogens with one attached hydrogen (secondary N) is 1. The highest BCUT2D eigenvalue weighted by Crippen LogP contribution is 2.22. The first-order valence-electron chi connectivity index (χ1n) is 5.52. The van der Waals surface area contributed by atoms with E-state index in [-0.39, 0.29) is 6.61 Å². The molecule has 1 aromatic heterocycles. The molecule has 96 valence electrons. The summed E-state index contributed by atoms with van der Waals surface area (Å²) in [4.78, 5) is 8.29. The average molecular weight is 268 g/mol. The molecule has 0 fully saturated rings. The Labute approximate surface area is 110 Å². The van der Waals surface area contributed by atoms with Crippen LogP contribution in [0.25, 0.3) is 10.9 Å². The third-order valence-corrected chi connectivity index (χ3v) is 2.70. The molecule has 18 heavy (non-hydrogen) atoms. The molecule has 2 rings (SSSR count). The molecule has 0 aliphatic carbocycles. The van der Waals surface area contributed by atoms with E-state index < -0.39 is 6.10 Å². The van der Waals surface area contributed by atoms with Crippen molar-refractivity contribution in [1.29, 1.82) is 0 Å². The maximum Gasteiger partial charge on any atom is 0.137 e. The first kappa shape index (κ1) is 13.0. The summed E-state index contributed by atoms with van der Waals surface area (Å²) in [5.74, 6) is 0.673. The highest BCUT2D eigenvalue weighted by Gasteiger charge is 2.07. The van der Waals surface area contributed by atoms with Gasteiger partial charge in [0.15, 0.2) is 0 Å². The Morgan fingerprint density at radius 3 is 3.06 bits per heavy atom. The number of nitrogens with zero attached hydrogens (tertiary/aromatic N) is 2. The maximum absolute atomic E-state index is 9.57. The van der Waals surface area contributed by atoms with Gasteiger partial charge in [-0.25, -0.2) is 9.97 Å². The van der Waals surface area contributed by atoms with Crippen LogP contribution in [-0.4, -0.2) is 41.4 Å². The number of aromatic nitrogens is 2. The number of hydrogen-bond acceptors (Lipinski definition) is 5. The summed E-state index contributed by atoms with van der Waals surface area (Å²) in [6.45, 7) is 0.643. The van der Waals surface area contributed by atoms with E-state index in [1.165, 1.54) is 6.33 Å². The summed E-state index contributed by atoms with van der Waals surface area (Å²) in [6.07, 6.45) is 0.885. The number of halogens is 1. The number of hydrogen-bond donors (Lipinski definition) is 2. The molecule has 0 saturated carbocycles. The first-order chi connectivity index (χ1) is 8.70. The maximum atomic E-state index is 9.57. The van der Waals surface area contributed by atoms with Crippen LogP contribution in [0.2, 0.25) is 5.02 Å². The van der Waals surface area contributed by atoms with Crippen molar-refractivity contribution in [3.8, 4) is 0 Å². The minimum atomic E-state index is -0.577. The van der Waals surface area contributed by atoms with E-state index in [4.69, 9.17) is 16.3 Å². The number of rotatable bonds is 5. The third-order valence-electron chi connectivity index (χ3n) is 2.46. The number of anilines is 1. The van der Waals surface area contributed by atoms with Gasteiger partial charge in [-0.1, -0.05) is 11.6 Å². The smallest absolute Gasteiger partial charge is 0.137 e. The van der Waals surface area contributed by atoms with Crippen molar-refractivity contribution in [3.05, 3.63) is 29.5 Å². The Bertz CT molecular complexity index is 536. The van der Waals surface area contributed by atoms with Crippen LogP contribution in [0.1, 0.15) is 0 Å². The average Bonchev–Trinajstić information content (AvgIpc) is 2.36. The van der Waals surface area contributed by atoms with E-state index in [2.05, 4.69) is 15.3 Å². The van der Waals surface area contributed by atoms with Crippen molar-refractivity contribution in [2.45, 2.75) is 6.10 Å². The highest BCUT2D eigenvalue weighted by molar-refractivity contribution is 6.31. The molecule has 5 nitrogen and oxygen atoms in total. The van der Waals surface area contributed by atoms with Gasteiger partial charge in [-0.15, -0.1) is 0 Å². The fourth-order valence-electron chi connectivity index (χ4n) is 1.64. The molecule has 6 heteroatoms. The van der Waals surface area contributed by atoms with Gasteiger partial charge in [0.25, 0.3) is 0 Å². The minimum Gasteiger partial charge on any atom is -0.389 e. The summed E-state index contributed by atoms with van der Waals surface area (Å²) in [6, 6.07) is 5.40. The number of aliphatic hydroxyl groups is 1. The Balaban J connectivity index is 2.18. The van der Waals surface area contributed by atoms with Crippen LogP contribution in [0.4, 0.5) is 5.82 Å². The molecule has 1 atom stereocenters. The van der Waals surface area contributed by atoms with Crippen molar-refractivity contribution < 1.29 is 9.84 Å². The summed E-state index contributed by atoms with van der Waals surface area (Å²) in [5, 5.41) is 14.1. The topological polar surface area (TPSA) is 67.3 Å². The molecular formula is C12H14ClN3O2. The van der Waals surface area contributed by atoms with Crippen molar-refractivity contribution in [1.82, 2.24) is 9.97 Å². The van der Waals surface area contributed by atoms with Crippen molar-refractivity contribution >= 4 is 28.3 Å². The second kappa shape index (κ2) is 5.95. The Morgan fingerprint density at radius 1 is 1.44 bits per heavy atom. The summed E-state index contributed by atoms with van der Waals surface area (Å²) in [5.41, 5.74) is 0.765. The van der Waals surface area contributed by atoms with Gasteiger partial charge >= 0.3 is 0 Å². The molecule has 0 spiro atoms. The fourth-order valence-corrected chi connectivity index (χ4v) is 1.80. The lowest BCUT2D eigenvalue weighted by molar-refractivity contribution is 0.0727. The Kier molecular flexibility index (Phi) is 4.30. The van der Waals surface area contributed by atoms with Crippen LogP contribution in [0.5, 0.6) is 0 Å². The van der Waals surface area contributed by atoms with E-state index in [0.717, 1.165) is 10.9 Å². The monoisotopic (exact) mass is 267 g/mol. The summed E-state index contributed by atoms with van der Waals surface area (Å²) < 4.78 is 4.86. The van der Waals surface area contributed by atoms with Gasteiger partial charge in [0.2, 0.25) is 0 Å². The number of ether oxygens (including phenoxy) is 1. The molecule has 0 bridgehead atoms. The second-order valence-corrected chi connectivity index (χ2v) is 4.31. The standard InChI is InChI=1S/C12H14ClN3O2/c1-18-6-9(17)5-14-12-10-3-2-8(13)4-11(10)15-7-16-12/h2-4,7,9,17H,5-6H2,1H3,(H,14,15,16). The first-order valence-corrected chi connectivity index (χ1v) is 5.89. The van der Waals surface area contributed by atoms with Crippen LogP contribution in [0.15, 0.2) is 24.5 Å². The van der Waals surface area contributed by atoms with E-state index in [9.17, 15) is 5.11 Å². The molecule has 1 unspecified atom stereocenters. The van der Waals surface area contributed by atoms with Gasteiger partial charge in [0, 0.05) is 24.1 Å². The van der Waals surface area contributed by atoms with Crippen LogP contribution < -0.4 is 5.32 Å². The van der Waals surface area contributed by atoms with E-state index in [1.807, 2.05) is 6.07 Å². The van der Waals surface area contributed by atoms with E-state index >= 15 is 0 Å². The lowest BCUT2D eigenvalue weighted by Gasteiger charge is -2.12. The highest BCUT2D eigenvalue weighted by atomic mass is 35.5. The molecule has 0 aliphatic rings. The molecule has 0 saturated heterocycles. The summed E-state index contributed by atoms with van der Waals surface area (Å²) >= 11 is 5.90. The third kappa shape index (κ3) is 3.07. The largest absolute Gasteiger partial charge is 0.389 e. The molecule has 2 N–H and O–H groups in total. The van der Waals surface area contributed by atoms with Crippen LogP contribution >= 0.6 is 11.6 Å². The summed E-state index contributed by atoms with van der Waals surface area (Å²) in [7, 11) is 1.55. The van der Waals surface area contributed by atoms with Gasteiger partial charge in [-0.05, 0) is 18.2 Å². The molecule has 0 amide bonds. The Morgan fingerprint density at radius 2 is 2.28 bits per heavy atom. The van der Waals surface area contributed by atoms with Crippen molar-refractivity contribution in [3.63, 3.8) is 0 Å². The van der Waals surface area contributed by atoms with E-state index in [0.29, 0.717) is 17.4 Å². The Hall–Kier alpha value is -1.43. The fraction of sp³-hybridized carbons (Fsp3) is 0.333. The van der Waals surface area contributed by atoms with Gasteiger partial charge < -0.3 is 15.2 Å². The lowest BCUT2D eigenvalue weighted by Crippen LogP contribution is -2.24. The minimum absolute atomic E-state index is 0.280. The van der Waals surface area contributed by atoms with Gasteiger partial charge in [0.1, 0.15) is 12.1 Å². The zero-order valence-electron chi connectivity index (χ0n) is 9.93. The van der Waals surface area contributed by atoms with Crippen molar-refractivity contribution in [2.24, 2.45) is 0 Å². The number of benzene rings is 1.